The third kappa shape index (κ3) is 5.76. The normalized spacial score (nSPS) is 16.4. The number of benzene rings is 2. The van der Waals surface area contributed by atoms with Gasteiger partial charge in [0.2, 0.25) is 0 Å². The molecule has 2 heterocycles. The Morgan fingerprint density at radius 1 is 1.11 bits per heavy atom. The zero-order valence-corrected chi connectivity index (χ0v) is 20.8. The molecule has 1 aromatic heterocycles. The first-order chi connectivity index (χ1) is 17.4. The number of fused-ring (bicyclic) bond motifs is 1. The van der Waals surface area contributed by atoms with Gasteiger partial charge >= 0.3 is 0 Å². The van der Waals surface area contributed by atoms with E-state index in [2.05, 4.69) is 15.3 Å². The second kappa shape index (κ2) is 11.7. The number of hydrogen-bond acceptors (Lipinski definition) is 8. The minimum Gasteiger partial charge on any atom is -0.493 e. The number of para-hydroxylation sites is 1. The molecule has 0 saturated carbocycles. The SMILES string of the molecule is COCCOc1cc2c(N[C@H](C)c3cccc(C(F)F)c3O[C@H]3CCOC3)nc(C)nc2cc1OC. The number of anilines is 1. The zero-order valence-electron chi connectivity index (χ0n) is 20.8. The van der Waals surface area contributed by atoms with Crippen molar-refractivity contribution in [3.63, 3.8) is 0 Å². The van der Waals surface area contributed by atoms with E-state index in [0.29, 0.717) is 72.5 Å². The van der Waals surface area contributed by atoms with Gasteiger partial charge in [-0.2, -0.15) is 0 Å². The highest BCUT2D eigenvalue weighted by atomic mass is 19.3. The Morgan fingerprint density at radius 3 is 2.61 bits per heavy atom. The molecule has 1 N–H and O–H groups in total. The van der Waals surface area contributed by atoms with Gasteiger partial charge < -0.3 is 29.0 Å². The molecule has 3 aromatic rings. The quantitative estimate of drug-likeness (QED) is 0.355. The molecule has 0 radical (unpaired) electrons. The van der Waals surface area contributed by atoms with Crippen molar-refractivity contribution in [1.82, 2.24) is 9.97 Å². The van der Waals surface area contributed by atoms with Crippen LogP contribution in [-0.2, 0) is 9.47 Å². The molecule has 2 aromatic carbocycles. The van der Waals surface area contributed by atoms with Crippen LogP contribution in [0.5, 0.6) is 17.2 Å². The van der Waals surface area contributed by atoms with Crippen LogP contribution in [0, 0.1) is 6.92 Å². The minimum atomic E-state index is -2.67. The summed E-state index contributed by atoms with van der Waals surface area (Å²) in [6.07, 6.45) is -2.28. The van der Waals surface area contributed by atoms with Gasteiger partial charge in [0.05, 0.1) is 44.1 Å². The van der Waals surface area contributed by atoms with Crippen LogP contribution in [0.3, 0.4) is 0 Å². The van der Waals surface area contributed by atoms with Crippen molar-refractivity contribution in [2.45, 2.75) is 38.8 Å². The Morgan fingerprint density at radius 2 is 1.92 bits per heavy atom. The third-order valence-electron chi connectivity index (χ3n) is 5.94. The Balaban J connectivity index is 1.71. The number of nitrogens with one attached hydrogen (secondary N) is 1. The fourth-order valence-electron chi connectivity index (χ4n) is 4.15. The van der Waals surface area contributed by atoms with E-state index in [4.69, 9.17) is 23.7 Å². The lowest BCUT2D eigenvalue weighted by molar-refractivity contribution is 0.123. The molecule has 2 atom stereocenters. The average molecular weight is 504 g/mol. The summed E-state index contributed by atoms with van der Waals surface area (Å²) >= 11 is 0. The molecule has 194 valence electrons. The van der Waals surface area contributed by atoms with Crippen LogP contribution >= 0.6 is 0 Å². The number of hydrogen-bond donors (Lipinski definition) is 1. The van der Waals surface area contributed by atoms with Gasteiger partial charge in [-0.1, -0.05) is 12.1 Å². The van der Waals surface area contributed by atoms with Gasteiger partial charge in [-0.3, -0.25) is 0 Å². The van der Waals surface area contributed by atoms with Gasteiger partial charge in [0.25, 0.3) is 6.43 Å². The number of ether oxygens (including phenoxy) is 5. The van der Waals surface area contributed by atoms with Crippen LogP contribution in [0.4, 0.5) is 14.6 Å². The summed E-state index contributed by atoms with van der Waals surface area (Å²) < 4.78 is 55.6. The summed E-state index contributed by atoms with van der Waals surface area (Å²) in [7, 11) is 3.16. The van der Waals surface area contributed by atoms with E-state index in [-0.39, 0.29) is 17.4 Å². The number of nitrogens with zero attached hydrogens (tertiary/aromatic N) is 2. The Kier molecular flexibility index (Phi) is 8.37. The molecule has 10 heteroatoms. The van der Waals surface area contributed by atoms with Crippen LogP contribution in [-0.4, -0.2) is 56.7 Å². The molecule has 0 unspecified atom stereocenters. The summed E-state index contributed by atoms with van der Waals surface area (Å²) in [6.45, 7) is 5.36. The number of rotatable bonds is 11. The maximum atomic E-state index is 13.9. The van der Waals surface area contributed by atoms with Crippen molar-refractivity contribution >= 4 is 16.7 Å². The van der Waals surface area contributed by atoms with E-state index in [1.54, 1.807) is 45.4 Å². The fourth-order valence-corrected chi connectivity index (χ4v) is 4.15. The van der Waals surface area contributed by atoms with Gasteiger partial charge in [-0.15, -0.1) is 0 Å². The molecule has 0 aliphatic carbocycles. The van der Waals surface area contributed by atoms with Gasteiger partial charge in [0.1, 0.15) is 30.1 Å². The van der Waals surface area contributed by atoms with Crippen LogP contribution in [0.2, 0.25) is 0 Å². The molecular weight excluding hydrogens is 472 g/mol. The van der Waals surface area contributed by atoms with Gasteiger partial charge in [-0.25, -0.2) is 18.7 Å². The highest BCUT2D eigenvalue weighted by molar-refractivity contribution is 5.92. The molecule has 0 bridgehead atoms. The minimum absolute atomic E-state index is 0.143. The Labute approximate surface area is 208 Å². The van der Waals surface area contributed by atoms with Crippen LogP contribution in [0.15, 0.2) is 30.3 Å². The first kappa shape index (κ1) is 25.8. The van der Waals surface area contributed by atoms with E-state index in [1.807, 2.05) is 6.92 Å². The van der Waals surface area contributed by atoms with Crippen molar-refractivity contribution < 1.29 is 32.5 Å². The molecule has 1 aliphatic heterocycles. The summed E-state index contributed by atoms with van der Waals surface area (Å²) in [5.74, 6) is 2.34. The van der Waals surface area contributed by atoms with Crippen LogP contribution in [0.1, 0.15) is 42.8 Å². The van der Waals surface area contributed by atoms with Gasteiger partial charge in [0, 0.05) is 30.5 Å². The first-order valence-corrected chi connectivity index (χ1v) is 11.8. The molecule has 1 fully saturated rings. The smallest absolute Gasteiger partial charge is 0.267 e. The first-order valence-electron chi connectivity index (χ1n) is 11.8. The van der Waals surface area contributed by atoms with Gasteiger partial charge in [-0.05, 0) is 26.0 Å². The summed E-state index contributed by atoms with van der Waals surface area (Å²) in [5, 5.41) is 4.08. The van der Waals surface area contributed by atoms with Crippen molar-refractivity contribution in [1.29, 1.82) is 0 Å². The van der Waals surface area contributed by atoms with Crippen molar-refractivity contribution in [3.8, 4) is 17.2 Å². The monoisotopic (exact) mass is 503 g/mol. The van der Waals surface area contributed by atoms with E-state index in [1.165, 1.54) is 6.07 Å². The Bertz CT molecular complexity index is 1190. The fraction of sp³-hybridized carbons (Fsp3) is 0.462. The second-order valence-electron chi connectivity index (χ2n) is 8.52. The molecule has 8 nitrogen and oxygen atoms in total. The maximum absolute atomic E-state index is 13.9. The largest absolute Gasteiger partial charge is 0.493 e. The molecule has 1 aliphatic rings. The molecule has 36 heavy (non-hydrogen) atoms. The van der Waals surface area contributed by atoms with Gasteiger partial charge in [0.15, 0.2) is 11.5 Å². The molecular formula is C26H31F2N3O5. The van der Waals surface area contributed by atoms with Crippen molar-refractivity contribution in [3.05, 3.63) is 47.3 Å². The lowest BCUT2D eigenvalue weighted by atomic mass is 10.0. The van der Waals surface area contributed by atoms with Crippen LogP contribution < -0.4 is 19.5 Å². The summed E-state index contributed by atoms with van der Waals surface area (Å²) in [5.41, 5.74) is 1.12. The maximum Gasteiger partial charge on any atom is 0.267 e. The number of methoxy groups -OCH3 is 2. The molecule has 4 rings (SSSR count). The lowest BCUT2D eigenvalue weighted by Gasteiger charge is -2.24. The molecule has 0 amide bonds. The predicted octanol–water partition coefficient (Wildman–Crippen LogP) is 5.25. The van der Waals surface area contributed by atoms with E-state index >= 15 is 0 Å². The third-order valence-corrected chi connectivity index (χ3v) is 5.94. The highest BCUT2D eigenvalue weighted by Gasteiger charge is 2.26. The van der Waals surface area contributed by atoms with E-state index in [9.17, 15) is 8.78 Å². The lowest BCUT2D eigenvalue weighted by Crippen LogP contribution is -2.19. The number of aryl methyl sites for hydroxylation is 1. The van der Waals surface area contributed by atoms with E-state index < -0.39 is 12.5 Å². The summed E-state index contributed by atoms with van der Waals surface area (Å²) in [4.78, 5) is 9.13. The number of alkyl halides is 2. The standard InChI is InChI=1S/C26H31F2N3O5/c1-15(18-6-5-7-19(25(27)28)24(18)36-17-8-9-34-14-17)29-26-20-12-23(35-11-10-32-3)22(33-4)13-21(20)30-16(2)31-26/h5-7,12-13,15,17,25H,8-11,14H2,1-4H3,(H,29,30,31)/t15-,17+/m1/s1. The topological polar surface area (TPSA) is 84.0 Å². The average Bonchev–Trinajstić information content (AvgIpc) is 3.37. The predicted molar refractivity (Wildman–Crippen MR) is 131 cm³/mol. The van der Waals surface area contributed by atoms with E-state index in [0.717, 1.165) is 0 Å². The summed E-state index contributed by atoms with van der Waals surface area (Å²) in [6, 6.07) is 7.98. The second-order valence-corrected chi connectivity index (χ2v) is 8.52. The molecule has 0 spiro atoms. The van der Waals surface area contributed by atoms with Crippen molar-refractivity contribution in [2.75, 3.05) is 46.0 Å². The molecule has 1 saturated heterocycles. The van der Waals surface area contributed by atoms with Crippen molar-refractivity contribution in [2.24, 2.45) is 0 Å². The highest BCUT2D eigenvalue weighted by Crippen LogP contribution is 2.39. The zero-order chi connectivity index (χ0) is 25.7. The Hall–Kier alpha value is -3.24. The number of halogens is 2. The number of aromatic nitrogens is 2. The van der Waals surface area contributed by atoms with Crippen LogP contribution in [0.25, 0.3) is 10.9 Å².